The highest BCUT2D eigenvalue weighted by atomic mass is 19.1. The van der Waals surface area contributed by atoms with E-state index in [0.717, 1.165) is 29.1 Å². The van der Waals surface area contributed by atoms with E-state index in [0.29, 0.717) is 23.8 Å². The van der Waals surface area contributed by atoms with Gasteiger partial charge in [-0.05, 0) is 74.6 Å². The highest BCUT2D eigenvalue weighted by molar-refractivity contribution is 5.80. The number of benzene rings is 1. The first-order valence-electron chi connectivity index (χ1n) is 9.77. The summed E-state index contributed by atoms with van der Waals surface area (Å²) >= 11 is 0. The number of halogens is 1. The van der Waals surface area contributed by atoms with Crippen LogP contribution in [0.2, 0.25) is 0 Å². The van der Waals surface area contributed by atoms with Crippen LogP contribution in [0.5, 0.6) is 0 Å². The summed E-state index contributed by atoms with van der Waals surface area (Å²) in [5.41, 5.74) is 4.16. The van der Waals surface area contributed by atoms with Gasteiger partial charge in [-0.2, -0.15) is 5.10 Å². The highest BCUT2D eigenvalue weighted by Crippen LogP contribution is 2.70. The minimum Gasteiger partial charge on any atom is -0.352 e. The fraction of sp³-hybridized carbons (Fsp3) is 0.455. The summed E-state index contributed by atoms with van der Waals surface area (Å²) in [6.07, 6.45) is 8.18. The van der Waals surface area contributed by atoms with Gasteiger partial charge in [-0.1, -0.05) is 12.2 Å². The Labute approximate surface area is 158 Å². The monoisotopic (exact) mass is 365 g/mol. The van der Waals surface area contributed by atoms with Gasteiger partial charge in [0.2, 0.25) is 5.91 Å². The molecule has 1 N–H and O–H groups in total. The predicted octanol–water partition coefficient (Wildman–Crippen LogP) is 3.85. The van der Waals surface area contributed by atoms with Crippen LogP contribution in [0.25, 0.3) is 5.69 Å². The van der Waals surface area contributed by atoms with Crippen molar-refractivity contribution in [1.82, 2.24) is 15.1 Å². The lowest BCUT2D eigenvalue weighted by molar-refractivity contribution is -0.126. The lowest BCUT2D eigenvalue weighted by Gasteiger charge is -2.19. The summed E-state index contributed by atoms with van der Waals surface area (Å²) in [5, 5.41) is 7.75. The molecule has 2 bridgehead atoms. The SMILES string of the molecule is Cc1nn(-c2ccc(F)cc2)c(C)c1CNC(=O)[C@@H]1C[C@H]2C=C[C@H]1C21CC1. The highest BCUT2D eigenvalue weighted by Gasteiger charge is 2.63. The smallest absolute Gasteiger partial charge is 0.224 e. The second kappa shape index (κ2) is 5.78. The van der Waals surface area contributed by atoms with E-state index in [4.69, 9.17) is 0 Å². The van der Waals surface area contributed by atoms with Crippen LogP contribution >= 0.6 is 0 Å². The van der Waals surface area contributed by atoms with Gasteiger partial charge in [0.15, 0.2) is 0 Å². The van der Waals surface area contributed by atoms with Gasteiger partial charge in [-0.3, -0.25) is 4.79 Å². The maximum absolute atomic E-state index is 13.2. The summed E-state index contributed by atoms with van der Waals surface area (Å²) in [6.45, 7) is 4.43. The Balaban J connectivity index is 1.31. The number of carbonyl (C=O) groups is 1. The van der Waals surface area contributed by atoms with Crippen LogP contribution in [0.4, 0.5) is 4.39 Å². The summed E-state index contributed by atoms with van der Waals surface area (Å²) in [7, 11) is 0. The molecule has 0 aliphatic heterocycles. The lowest BCUT2D eigenvalue weighted by Crippen LogP contribution is -2.33. The standard InChI is InChI=1S/C22H24FN3O/c1-13-19(14(2)26(25-13)17-6-4-16(23)5-7-17)12-24-21(27)18-11-15-3-8-20(18)22(15)9-10-22/h3-8,15,18,20H,9-12H2,1-2H3,(H,24,27)/t15-,18-,20-/m1/s1. The molecule has 1 heterocycles. The van der Waals surface area contributed by atoms with Crippen LogP contribution < -0.4 is 5.32 Å². The molecular weight excluding hydrogens is 341 g/mol. The lowest BCUT2D eigenvalue weighted by atomic mass is 9.88. The Kier molecular flexibility index (Phi) is 3.58. The molecule has 140 valence electrons. The van der Waals surface area contributed by atoms with E-state index in [1.165, 1.54) is 25.0 Å². The van der Waals surface area contributed by atoms with Crippen LogP contribution in [0.15, 0.2) is 36.4 Å². The van der Waals surface area contributed by atoms with E-state index in [-0.39, 0.29) is 17.6 Å². The third-order valence-electron chi connectivity index (χ3n) is 7.01. The van der Waals surface area contributed by atoms with E-state index in [9.17, 15) is 9.18 Å². The van der Waals surface area contributed by atoms with Gasteiger partial charge in [-0.15, -0.1) is 0 Å². The van der Waals surface area contributed by atoms with E-state index in [1.807, 2.05) is 18.5 Å². The second-order valence-electron chi connectivity index (χ2n) is 8.35. The molecular formula is C22H24FN3O. The molecule has 0 radical (unpaired) electrons. The molecule has 1 aromatic heterocycles. The maximum atomic E-state index is 13.2. The Morgan fingerprint density at radius 2 is 2.00 bits per heavy atom. The Hall–Kier alpha value is -2.43. The maximum Gasteiger partial charge on any atom is 0.224 e. The third-order valence-corrected chi connectivity index (χ3v) is 7.01. The molecule has 4 nitrogen and oxygen atoms in total. The number of aryl methyl sites for hydroxylation is 1. The van der Waals surface area contributed by atoms with Crippen molar-refractivity contribution in [3.05, 3.63) is 59.2 Å². The first-order chi connectivity index (χ1) is 13.0. The molecule has 1 amide bonds. The number of aromatic nitrogens is 2. The van der Waals surface area contributed by atoms with Gasteiger partial charge in [0, 0.05) is 23.7 Å². The molecule has 2 saturated carbocycles. The second-order valence-corrected chi connectivity index (χ2v) is 8.35. The average molecular weight is 365 g/mol. The van der Waals surface area contributed by atoms with Gasteiger partial charge < -0.3 is 5.32 Å². The number of amides is 1. The number of nitrogens with zero attached hydrogens (tertiary/aromatic N) is 2. The minimum absolute atomic E-state index is 0.121. The molecule has 3 aliphatic carbocycles. The summed E-state index contributed by atoms with van der Waals surface area (Å²) in [5.74, 6) is 1.08. The molecule has 5 heteroatoms. The first-order valence-corrected chi connectivity index (χ1v) is 9.77. The Morgan fingerprint density at radius 1 is 1.26 bits per heavy atom. The van der Waals surface area contributed by atoms with Gasteiger partial charge in [0.1, 0.15) is 5.82 Å². The summed E-state index contributed by atoms with van der Waals surface area (Å²) < 4.78 is 15.0. The zero-order valence-corrected chi connectivity index (χ0v) is 15.7. The van der Waals surface area contributed by atoms with Crippen LogP contribution in [0.1, 0.15) is 36.2 Å². The van der Waals surface area contributed by atoms with E-state index >= 15 is 0 Å². The van der Waals surface area contributed by atoms with Crippen molar-refractivity contribution in [3.8, 4) is 5.69 Å². The molecule has 2 fully saturated rings. The number of rotatable bonds is 4. The quantitative estimate of drug-likeness (QED) is 0.837. The number of hydrogen-bond donors (Lipinski definition) is 1. The molecule has 3 aliphatic rings. The van der Waals surface area contributed by atoms with Crippen LogP contribution in [0.3, 0.4) is 0 Å². The van der Waals surface area contributed by atoms with Gasteiger partial charge in [-0.25, -0.2) is 9.07 Å². The molecule has 1 spiro atoms. The minimum atomic E-state index is -0.263. The zero-order chi connectivity index (χ0) is 18.8. The number of nitrogens with one attached hydrogen (secondary N) is 1. The van der Waals surface area contributed by atoms with Crippen LogP contribution in [-0.2, 0) is 11.3 Å². The molecule has 1 aromatic carbocycles. The van der Waals surface area contributed by atoms with Gasteiger partial charge in [0.05, 0.1) is 11.4 Å². The molecule has 3 atom stereocenters. The Morgan fingerprint density at radius 3 is 2.67 bits per heavy atom. The van der Waals surface area contributed by atoms with Crippen molar-refractivity contribution in [2.45, 2.75) is 39.7 Å². The summed E-state index contributed by atoms with van der Waals surface area (Å²) in [6, 6.07) is 6.30. The average Bonchev–Trinajstić information content (AvgIpc) is 3.24. The first kappa shape index (κ1) is 16.7. The Bertz CT molecular complexity index is 939. The van der Waals surface area contributed by atoms with Crippen molar-refractivity contribution in [3.63, 3.8) is 0 Å². The normalized spacial score (nSPS) is 26.7. The van der Waals surface area contributed by atoms with E-state index < -0.39 is 0 Å². The fourth-order valence-corrected chi connectivity index (χ4v) is 5.34. The topological polar surface area (TPSA) is 46.9 Å². The van der Waals surface area contributed by atoms with Crippen LogP contribution in [-0.4, -0.2) is 15.7 Å². The van der Waals surface area contributed by atoms with E-state index in [2.05, 4.69) is 22.6 Å². The molecule has 27 heavy (non-hydrogen) atoms. The summed E-state index contributed by atoms with van der Waals surface area (Å²) in [4.78, 5) is 12.8. The van der Waals surface area contributed by atoms with Crippen molar-refractivity contribution in [2.75, 3.05) is 0 Å². The van der Waals surface area contributed by atoms with Crippen molar-refractivity contribution in [2.24, 2.45) is 23.2 Å². The third kappa shape index (κ3) is 2.47. The molecule has 2 aromatic rings. The predicted molar refractivity (Wildman–Crippen MR) is 101 cm³/mol. The van der Waals surface area contributed by atoms with Crippen LogP contribution in [0, 0.1) is 42.8 Å². The number of hydrogen-bond acceptors (Lipinski definition) is 2. The van der Waals surface area contributed by atoms with Crippen molar-refractivity contribution < 1.29 is 9.18 Å². The molecule has 0 unspecified atom stereocenters. The fourth-order valence-electron chi connectivity index (χ4n) is 5.34. The molecule has 0 saturated heterocycles. The van der Waals surface area contributed by atoms with Crippen molar-refractivity contribution >= 4 is 5.91 Å². The molecule has 5 rings (SSSR count). The largest absolute Gasteiger partial charge is 0.352 e. The van der Waals surface area contributed by atoms with Gasteiger partial charge in [0.25, 0.3) is 0 Å². The van der Waals surface area contributed by atoms with Crippen molar-refractivity contribution in [1.29, 1.82) is 0 Å². The number of allylic oxidation sites excluding steroid dienone is 2. The zero-order valence-electron chi connectivity index (χ0n) is 15.7. The number of carbonyl (C=O) groups excluding carboxylic acids is 1. The van der Waals surface area contributed by atoms with E-state index in [1.54, 1.807) is 12.1 Å². The van der Waals surface area contributed by atoms with Gasteiger partial charge >= 0.3 is 0 Å².